The summed E-state index contributed by atoms with van der Waals surface area (Å²) in [6.45, 7) is 2.16. The molecule has 2 rings (SSSR count). The molecule has 1 atom stereocenters. The zero-order valence-corrected chi connectivity index (χ0v) is 11.0. The van der Waals surface area contributed by atoms with E-state index < -0.39 is 0 Å². The number of tetrazole rings is 1. The molecule has 0 radical (unpaired) electrons. The Morgan fingerprint density at radius 3 is 2.80 bits per heavy atom. The zero-order valence-electron chi connectivity index (χ0n) is 11.0. The lowest BCUT2D eigenvalue weighted by atomic mass is 10.2. The predicted octanol–water partition coefficient (Wildman–Crippen LogP) is -0.0854. The van der Waals surface area contributed by atoms with Crippen LogP contribution in [0.3, 0.4) is 0 Å². The molecule has 0 bridgehead atoms. The van der Waals surface area contributed by atoms with Crippen molar-refractivity contribution >= 4 is 5.91 Å². The van der Waals surface area contributed by atoms with E-state index in [9.17, 15) is 4.79 Å². The van der Waals surface area contributed by atoms with Gasteiger partial charge in [0.25, 0.3) is 5.91 Å². The lowest BCUT2D eigenvalue weighted by Crippen LogP contribution is -2.31. The highest BCUT2D eigenvalue weighted by molar-refractivity contribution is 5.77. The van der Waals surface area contributed by atoms with Crippen molar-refractivity contribution in [3.8, 4) is 5.75 Å². The Bertz CT molecular complexity index is 540. The van der Waals surface area contributed by atoms with E-state index in [1.54, 1.807) is 19.1 Å². The standard InChI is InChI=1S/C12H16N6O2/c1-8(12-15-17-18-16-12)14-11(19)7-20-10-4-2-9(6-13)3-5-10/h2-5,8H,6-7,13H2,1H3,(H,14,19)(H,15,16,17,18). The molecule has 0 fully saturated rings. The Morgan fingerprint density at radius 1 is 1.45 bits per heavy atom. The van der Waals surface area contributed by atoms with Gasteiger partial charge >= 0.3 is 0 Å². The Balaban J connectivity index is 1.79. The molecule has 20 heavy (non-hydrogen) atoms. The number of aromatic nitrogens is 4. The summed E-state index contributed by atoms with van der Waals surface area (Å²) in [5.41, 5.74) is 6.51. The lowest BCUT2D eigenvalue weighted by molar-refractivity contribution is -0.123. The summed E-state index contributed by atoms with van der Waals surface area (Å²) in [6, 6.07) is 6.94. The van der Waals surface area contributed by atoms with E-state index in [0.717, 1.165) is 5.56 Å². The minimum atomic E-state index is -0.329. The van der Waals surface area contributed by atoms with Gasteiger partial charge in [-0.1, -0.05) is 17.3 Å². The summed E-state index contributed by atoms with van der Waals surface area (Å²) in [5, 5.41) is 16.1. The average Bonchev–Trinajstić information content (AvgIpc) is 3.00. The third-order valence-corrected chi connectivity index (χ3v) is 2.66. The molecule has 1 unspecified atom stereocenters. The van der Waals surface area contributed by atoms with Crippen LogP contribution in [-0.2, 0) is 11.3 Å². The number of carbonyl (C=O) groups excluding carboxylic acids is 1. The monoisotopic (exact) mass is 276 g/mol. The lowest BCUT2D eigenvalue weighted by Gasteiger charge is -2.11. The number of aromatic amines is 1. The normalized spacial score (nSPS) is 11.9. The van der Waals surface area contributed by atoms with Crippen LogP contribution in [0.4, 0.5) is 0 Å². The van der Waals surface area contributed by atoms with Crippen molar-refractivity contribution in [2.24, 2.45) is 5.73 Å². The van der Waals surface area contributed by atoms with E-state index in [1.807, 2.05) is 12.1 Å². The van der Waals surface area contributed by atoms with Crippen molar-refractivity contribution in [2.45, 2.75) is 19.5 Å². The highest BCUT2D eigenvalue weighted by atomic mass is 16.5. The molecule has 2 aromatic rings. The summed E-state index contributed by atoms with van der Waals surface area (Å²) in [6.07, 6.45) is 0. The Hall–Kier alpha value is -2.48. The van der Waals surface area contributed by atoms with Gasteiger partial charge in [-0.25, -0.2) is 0 Å². The highest BCUT2D eigenvalue weighted by Gasteiger charge is 2.13. The first-order valence-electron chi connectivity index (χ1n) is 6.13. The summed E-state index contributed by atoms with van der Waals surface area (Å²) in [4.78, 5) is 11.7. The van der Waals surface area contributed by atoms with Crippen molar-refractivity contribution in [1.29, 1.82) is 0 Å². The molecule has 1 heterocycles. The largest absolute Gasteiger partial charge is 0.484 e. The first-order valence-corrected chi connectivity index (χ1v) is 6.13. The quantitative estimate of drug-likeness (QED) is 0.678. The van der Waals surface area contributed by atoms with Crippen LogP contribution in [0.5, 0.6) is 5.75 Å². The number of rotatable bonds is 6. The molecule has 4 N–H and O–H groups in total. The van der Waals surface area contributed by atoms with Gasteiger partial charge in [0.1, 0.15) is 5.75 Å². The molecule has 0 saturated heterocycles. The number of nitrogens with zero attached hydrogens (tertiary/aromatic N) is 3. The molecule has 8 heteroatoms. The minimum absolute atomic E-state index is 0.0792. The van der Waals surface area contributed by atoms with Crippen LogP contribution < -0.4 is 15.8 Å². The molecule has 106 valence electrons. The van der Waals surface area contributed by atoms with E-state index in [4.69, 9.17) is 10.5 Å². The summed E-state index contributed by atoms with van der Waals surface area (Å²) < 4.78 is 5.37. The maximum Gasteiger partial charge on any atom is 0.258 e. The maximum absolute atomic E-state index is 11.7. The molecule has 1 aromatic carbocycles. The van der Waals surface area contributed by atoms with Gasteiger partial charge in [-0.3, -0.25) is 4.79 Å². The minimum Gasteiger partial charge on any atom is -0.484 e. The number of carbonyl (C=O) groups is 1. The number of hydrogen-bond donors (Lipinski definition) is 3. The Labute approximate surface area is 115 Å². The number of nitrogens with one attached hydrogen (secondary N) is 2. The second kappa shape index (κ2) is 6.62. The van der Waals surface area contributed by atoms with Crippen molar-refractivity contribution < 1.29 is 9.53 Å². The second-order valence-electron chi connectivity index (χ2n) is 4.20. The molecule has 1 amide bonds. The number of benzene rings is 1. The van der Waals surface area contributed by atoms with E-state index >= 15 is 0 Å². The number of H-pyrrole nitrogens is 1. The van der Waals surface area contributed by atoms with Gasteiger partial charge in [0.15, 0.2) is 12.4 Å². The average molecular weight is 276 g/mol. The van der Waals surface area contributed by atoms with Gasteiger partial charge < -0.3 is 15.8 Å². The van der Waals surface area contributed by atoms with Gasteiger partial charge in [0.05, 0.1) is 6.04 Å². The van der Waals surface area contributed by atoms with E-state index in [0.29, 0.717) is 18.1 Å². The summed E-state index contributed by atoms with van der Waals surface area (Å²) in [7, 11) is 0. The third-order valence-electron chi connectivity index (χ3n) is 2.66. The van der Waals surface area contributed by atoms with Crippen molar-refractivity contribution in [3.05, 3.63) is 35.7 Å². The number of ether oxygens (including phenoxy) is 1. The second-order valence-corrected chi connectivity index (χ2v) is 4.20. The fourth-order valence-electron chi connectivity index (χ4n) is 1.57. The van der Waals surface area contributed by atoms with Crippen LogP contribution in [0.15, 0.2) is 24.3 Å². The number of amides is 1. The zero-order chi connectivity index (χ0) is 14.4. The molecule has 0 aliphatic carbocycles. The van der Waals surface area contributed by atoms with Crippen molar-refractivity contribution in [1.82, 2.24) is 25.9 Å². The van der Waals surface area contributed by atoms with E-state index in [2.05, 4.69) is 25.9 Å². The van der Waals surface area contributed by atoms with Crippen LogP contribution in [0.1, 0.15) is 24.4 Å². The topological polar surface area (TPSA) is 119 Å². The SMILES string of the molecule is CC(NC(=O)COc1ccc(CN)cc1)c1nn[nH]n1. The van der Waals surface area contributed by atoms with Crippen LogP contribution in [0.2, 0.25) is 0 Å². The molecular weight excluding hydrogens is 260 g/mol. The molecular formula is C12H16N6O2. The molecule has 0 spiro atoms. The smallest absolute Gasteiger partial charge is 0.258 e. The third kappa shape index (κ3) is 3.75. The molecule has 0 aliphatic heterocycles. The predicted molar refractivity (Wildman–Crippen MR) is 70.6 cm³/mol. The van der Waals surface area contributed by atoms with Gasteiger partial charge in [-0.2, -0.15) is 5.21 Å². The highest BCUT2D eigenvalue weighted by Crippen LogP contribution is 2.11. The molecule has 0 saturated carbocycles. The van der Waals surface area contributed by atoms with E-state index in [-0.39, 0.29) is 18.6 Å². The van der Waals surface area contributed by atoms with Gasteiger partial charge in [0, 0.05) is 6.54 Å². The van der Waals surface area contributed by atoms with Crippen LogP contribution >= 0.6 is 0 Å². The molecule has 1 aromatic heterocycles. The fraction of sp³-hybridized carbons (Fsp3) is 0.333. The van der Waals surface area contributed by atoms with Gasteiger partial charge in [-0.05, 0) is 24.6 Å². The summed E-state index contributed by atoms with van der Waals surface area (Å²) >= 11 is 0. The summed E-state index contributed by atoms with van der Waals surface area (Å²) in [5.74, 6) is 0.778. The van der Waals surface area contributed by atoms with Crippen LogP contribution in [0, 0.1) is 0 Å². The fourth-order valence-corrected chi connectivity index (χ4v) is 1.57. The van der Waals surface area contributed by atoms with Gasteiger partial charge in [-0.15, -0.1) is 10.2 Å². The van der Waals surface area contributed by atoms with E-state index in [1.165, 1.54) is 0 Å². The first kappa shape index (κ1) is 13.9. The number of hydrogen-bond acceptors (Lipinski definition) is 6. The van der Waals surface area contributed by atoms with Gasteiger partial charge in [0.2, 0.25) is 0 Å². The van der Waals surface area contributed by atoms with Crippen LogP contribution in [0.25, 0.3) is 0 Å². The maximum atomic E-state index is 11.7. The first-order chi connectivity index (χ1) is 9.69. The van der Waals surface area contributed by atoms with Crippen LogP contribution in [-0.4, -0.2) is 33.1 Å². The molecule has 8 nitrogen and oxygen atoms in total. The van der Waals surface area contributed by atoms with Crippen molar-refractivity contribution in [3.63, 3.8) is 0 Å². The molecule has 0 aliphatic rings. The van der Waals surface area contributed by atoms with Crippen molar-refractivity contribution in [2.75, 3.05) is 6.61 Å². The Kier molecular flexibility index (Phi) is 4.61. The number of nitrogens with two attached hydrogens (primary N) is 1. The Morgan fingerprint density at radius 2 is 2.20 bits per heavy atom.